The SMILES string of the molecule is CCC1Cn2nc(N3Cc4ccnn4C(C(C)(C)C)C3)cc2CN1. The Morgan fingerprint density at radius 1 is 1.25 bits per heavy atom. The van der Waals surface area contributed by atoms with Crippen molar-refractivity contribution in [2.75, 3.05) is 11.4 Å². The molecule has 0 bridgehead atoms. The van der Waals surface area contributed by atoms with E-state index in [2.05, 4.69) is 64.5 Å². The first-order chi connectivity index (χ1) is 11.5. The highest BCUT2D eigenvalue weighted by Gasteiger charge is 2.35. The molecule has 2 unspecified atom stereocenters. The maximum absolute atomic E-state index is 4.92. The molecule has 0 aliphatic carbocycles. The van der Waals surface area contributed by atoms with Gasteiger partial charge in [-0.15, -0.1) is 0 Å². The van der Waals surface area contributed by atoms with Crippen LogP contribution in [0.1, 0.15) is 51.5 Å². The number of fused-ring (bicyclic) bond motifs is 2. The summed E-state index contributed by atoms with van der Waals surface area (Å²) in [5.41, 5.74) is 2.73. The molecule has 0 spiro atoms. The first kappa shape index (κ1) is 15.7. The highest BCUT2D eigenvalue weighted by atomic mass is 15.4. The predicted octanol–water partition coefficient (Wildman–Crippen LogP) is 2.57. The number of hydrogen-bond acceptors (Lipinski definition) is 4. The molecule has 0 aromatic carbocycles. The summed E-state index contributed by atoms with van der Waals surface area (Å²) >= 11 is 0. The van der Waals surface area contributed by atoms with Gasteiger partial charge in [0.05, 0.1) is 30.5 Å². The molecule has 2 atom stereocenters. The van der Waals surface area contributed by atoms with Gasteiger partial charge in [0.25, 0.3) is 0 Å². The molecule has 6 nitrogen and oxygen atoms in total. The van der Waals surface area contributed by atoms with Crippen LogP contribution in [0.2, 0.25) is 0 Å². The van der Waals surface area contributed by atoms with Gasteiger partial charge in [-0.05, 0) is 17.9 Å². The largest absolute Gasteiger partial charge is 0.347 e. The predicted molar refractivity (Wildman–Crippen MR) is 94.9 cm³/mol. The van der Waals surface area contributed by atoms with Gasteiger partial charge in [0.1, 0.15) is 0 Å². The first-order valence-corrected chi connectivity index (χ1v) is 9.03. The van der Waals surface area contributed by atoms with Crippen molar-refractivity contribution in [1.82, 2.24) is 24.9 Å². The normalized spacial score (nSPS) is 23.9. The maximum Gasteiger partial charge on any atom is 0.151 e. The summed E-state index contributed by atoms with van der Waals surface area (Å²) in [6.45, 7) is 12.8. The van der Waals surface area contributed by atoms with Crippen LogP contribution in [0, 0.1) is 5.41 Å². The molecular formula is C18H28N6. The number of nitrogens with zero attached hydrogens (tertiary/aromatic N) is 5. The van der Waals surface area contributed by atoms with E-state index < -0.39 is 0 Å². The van der Waals surface area contributed by atoms with Gasteiger partial charge >= 0.3 is 0 Å². The summed E-state index contributed by atoms with van der Waals surface area (Å²) in [5, 5.41) is 13.1. The summed E-state index contributed by atoms with van der Waals surface area (Å²) in [5.74, 6) is 1.10. The summed E-state index contributed by atoms with van der Waals surface area (Å²) in [6.07, 6.45) is 3.06. The average Bonchev–Trinajstić information content (AvgIpc) is 3.18. The van der Waals surface area contributed by atoms with Crippen molar-refractivity contribution in [3.05, 3.63) is 29.7 Å². The Labute approximate surface area is 143 Å². The van der Waals surface area contributed by atoms with Crippen molar-refractivity contribution in [3.63, 3.8) is 0 Å². The summed E-state index contributed by atoms with van der Waals surface area (Å²) in [7, 11) is 0. The Balaban J connectivity index is 1.63. The molecule has 4 heterocycles. The number of anilines is 1. The van der Waals surface area contributed by atoms with E-state index in [-0.39, 0.29) is 5.41 Å². The fraction of sp³-hybridized carbons (Fsp3) is 0.667. The van der Waals surface area contributed by atoms with Gasteiger partial charge in [-0.2, -0.15) is 10.2 Å². The second kappa shape index (κ2) is 5.62. The Bertz CT molecular complexity index is 722. The molecule has 0 amide bonds. The Kier molecular flexibility index (Phi) is 3.67. The molecule has 2 aliphatic rings. The highest BCUT2D eigenvalue weighted by molar-refractivity contribution is 5.42. The quantitative estimate of drug-likeness (QED) is 0.920. The molecule has 0 saturated heterocycles. The van der Waals surface area contributed by atoms with Gasteiger partial charge in [-0.1, -0.05) is 27.7 Å². The number of nitrogens with one attached hydrogen (secondary N) is 1. The van der Waals surface area contributed by atoms with Crippen molar-refractivity contribution in [2.45, 2.75) is 65.8 Å². The lowest BCUT2D eigenvalue weighted by Gasteiger charge is -2.40. The van der Waals surface area contributed by atoms with Crippen molar-refractivity contribution in [2.24, 2.45) is 5.41 Å². The van der Waals surface area contributed by atoms with Crippen LogP contribution < -0.4 is 10.2 Å². The van der Waals surface area contributed by atoms with Crippen LogP contribution in [0.15, 0.2) is 18.3 Å². The minimum Gasteiger partial charge on any atom is -0.347 e. The van der Waals surface area contributed by atoms with Gasteiger partial charge in [0.15, 0.2) is 5.82 Å². The molecule has 4 rings (SSSR count). The third-order valence-electron chi connectivity index (χ3n) is 5.43. The zero-order valence-electron chi connectivity index (χ0n) is 15.2. The van der Waals surface area contributed by atoms with Crippen molar-refractivity contribution in [1.29, 1.82) is 0 Å². The molecule has 130 valence electrons. The third kappa shape index (κ3) is 2.62. The van der Waals surface area contributed by atoms with Gasteiger partial charge in [0.2, 0.25) is 0 Å². The van der Waals surface area contributed by atoms with Crippen molar-refractivity contribution < 1.29 is 0 Å². The highest BCUT2D eigenvalue weighted by Crippen LogP contribution is 2.36. The zero-order chi connectivity index (χ0) is 16.9. The van der Waals surface area contributed by atoms with E-state index >= 15 is 0 Å². The molecule has 0 radical (unpaired) electrons. The van der Waals surface area contributed by atoms with E-state index in [4.69, 9.17) is 5.10 Å². The summed E-state index contributed by atoms with van der Waals surface area (Å²) < 4.78 is 4.40. The Hall–Kier alpha value is -1.82. The standard InChI is InChI=1S/C18H28N6/c1-5-13-10-23-15(9-19-13)8-17(21-23)22-11-14-6-7-20-24(14)16(12-22)18(2,3)4/h6-8,13,16,19H,5,9-12H2,1-4H3. The van der Waals surface area contributed by atoms with E-state index in [0.717, 1.165) is 38.4 Å². The smallest absolute Gasteiger partial charge is 0.151 e. The second-order valence-electron chi connectivity index (χ2n) is 8.19. The second-order valence-corrected chi connectivity index (χ2v) is 8.19. The van der Waals surface area contributed by atoms with Crippen LogP contribution in [0.25, 0.3) is 0 Å². The Morgan fingerprint density at radius 2 is 2.08 bits per heavy atom. The lowest BCUT2D eigenvalue weighted by atomic mass is 9.85. The van der Waals surface area contributed by atoms with Crippen LogP contribution in [0.4, 0.5) is 5.82 Å². The summed E-state index contributed by atoms with van der Waals surface area (Å²) in [4.78, 5) is 2.42. The zero-order valence-corrected chi connectivity index (χ0v) is 15.2. The van der Waals surface area contributed by atoms with E-state index in [9.17, 15) is 0 Å². The first-order valence-electron chi connectivity index (χ1n) is 9.03. The lowest BCUT2D eigenvalue weighted by molar-refractivity contribution is 0.208. The van der Waals surface area contributed by atoms with Gasteiger partial charge < -0.3 is 10.2 Å². The average molecular weight is 328 g/mol. The molecule has 24 heavy (non-hydrogen) atoms. The van der Waals surface area contributed by atoms with Crippen molar-refractivity contribution in [3.8, 4) is 0 Å². The topological polar surface area (TPSA) is 50.9 Å². The summed E-state index contributed by atoms with van der Waals surface area (Å²) in [6, 6.07) is 5.28. The van der Waals surface area contributed by atoms with E-state index in [1.165, 1.54) is 11.4 Å². The lowest BCUT2D eigenvalue weighted by Crippen LogP contribution is -2.43. The third-order valence-corrected chi connectivity index (χ3v) is 5.43. The van der Waals surface area contributed by atoms with Crippen LogP contribution in [-0.4, -0.2) is 32.1 Å². The minimum absolute atomic E-state index is 0.160. The molecule has 1 N–H and O–H groups in total. The minimum atomic E-state index is 0.160. The van der Waals surface area contributed by atoms with Crippen LogP contribution in [0.3, 0.4) is 0 Å². The molecular weight excluding hydrogens is 300 g/mol. The number of aromatic nitrogens is 4. The maximum atomic E-state index is 4.92. The fourth-order valence-corrected chi connectivity index (χ4v) is 3.80. The fourth-order valence-electron chi connectivity index (χ4n) is 3.80. The van der Waals surface area contributed by atoms with Crippen LogP contribution in [0.5, 0.6) is 0 Å². The van der Waals surface area contributed by atoms with Gasteiger partial charge in [0, 0.05) is 31.4 Å². The molecule has 2 aromatic heterocycles. The monoisotopic (exact) mass is 328 g/mol. The van der Waals surface area contributed by atoms with Crippen LogP contribution in [-0.2, 0) is 19.6 Å². The van der Waals surface area contributed by atoms with E-state index in [1.807, 2.05) is 6.20 Å². The number of rotatable bonds is 2. The molecule has 6 heteroatoms. The van der Waals surface area contributed by atoms with Crippen LogP contribution >= 0.6 is 0 Å². The number of hydrogen-bond donors (Lipinski definition) is 1. The Morgan fingerprint density at radius 3 is 2.83 bits per heavy atom. The van der Waals surface area contributed by atoms with Gasteiger partial charge in [-0.25, -0.2) is 0 Å². The molecule has 2 aromatic rings. The molecule has 2 aliphatic heterocycles. The molecule has 0 fully saturated rings. The van der Waals surface area contributed by atoms with E-state index in [1.54, 1.807) is 0 Å². The van der Waals surface area contributed by atoms with Gasteiger partial charge in [-0.3, -0.25) is 9.36 Å². The molecule has 0 saturated carbocycles. The van der Waals surface area contributed by atoms with Crippen molar-refractivity contribution >= 4 is 5.82 Å². The van der Waals surface area contributed by atoms with E-state index in [0.29, 0.717) is 12.1 Å².